The zero-order chi connectivity index (χ0) is 14.2. The molecule has 102 valence electrons. The summed E-state index contributed by atoms with van der Waals surface area (Å²) in [6.45, 7) is 0. The third-order valence-corrected chi connectivity index (χ3v) is 4.00. The molecule has 3 N–H and O–H groups in total. The van der Waals surface area contributed by atoms with E-state index < -0.39 is 21.5 Å². The number of hydrogen-bond acceptors (Lipinski definition) is 5. The van der Waals surface area contributed by atoms with Gasteiger partial charge in [-0.2, -0.15) is 0 Å². The van der Waals surface area contributed by atoms with Crippen LogP contribution in [0.1, 0.15) is 0 Å². The number of imidazole rings is 1. The molecule has 2 rings (SSSR count). The van der Waals surface area contributed by atoms with Crippen molar-refractivity contribution in [2.24, 2.45) is 0 Å². The van der Waals surface area contributed by atoms with E-state index in [0.717, 1.165) is 0 Å². The number of aromatic nitrogens is 2. The number of benzene rings is 1. The molecular formula is C11H14N4O3S. The maximum atomic E-state index is 12.0. The molecule has 0 fully saturated rings. The van der Waals surface area contributed by atoms with Gasteiger partial charge in [0.15, 0.2) is 0 Å². The van der Waals surface area contributed by atoms with Gasteiger partial charge in [-0.25, -0.2) is 13.4 Å². The molecule has 1 aromatic heterocycles. The standard InChI is InChI=1S/C11H14N4O3S/c1-15(2)10(16)6-19(17,18)11-13-8-4-3-7(12)5-9(8)14-11/h3-5H,6,12H2,1-2H3,(H,13,14). The minimum atomic E-state index is -3.78. The van der Waals surface area contributed by atoms with Crippen molar-refractivity contribution in [3.63, 3.8) is 0 Å². The van der Waals surface area contributed by atoms with E-state index in [0.29, 0.717) is 16.7 Å². The Morgan fingerprint density at radius 2 is 2.11 bits per heavy atom. The van der Waals surface area contributed by atoms with Crippen LogP contribution in [0.3, 0.4) is 0 Å². The summed E-state index contributed by atoms with van der Waals surface area (Å²) in [5.74, 6) is -1.12. The summed E-state index contributed by atoms with van der Waals surface area (Å²) in [5.41, 5.74) is 7.12. The van der Waals surface area contributed by atoms with Crippen LogP contribution in [0.2, 0.25) is 0 Å². The highest BCUT2D eigenvalue weighted by Gasteiger charge is 2.24. The fourth-order valence-corrected chi connectivity index (χ4v) is 2.73. The van der Waals surface area contributed by atoms with Crippen molar-refractivity contribution in [3.8, 4) is 0 Å². The van der Waals surface area contributed by atoms with Gasteiger partial charge in [-0.3, -0.25) is 4.79 Å². The summed E-state index contributed by atoms with van der Waals surface area (Å²) in [5, 5.41) is -0.219. The van der Waals surface area contributed by atoms with Crippen molar-refractivity contribution >= 4 is 32.5 Å². The Hall–Kier alpha value is -2.09. The van der Waals surface area contributed by atoms with Gasteiger partial charge in [0.25, 0.3) is 0 Å². The molecule has 0 saturated heterocycles. The lowest BCUT2D eigenvalue weighted by molar-refractivity contribution is -0.125. The first-order chi connectivity index (χ1) is 8.79. The molecule has 1 heterocycles. The normalized spacial score (nSPS) is 11.7. The van der Waals surface area contributed by atoms with Crippen LogP contribution < -0.4 is 5.73 Å². The molecule has 0 aliphatic carbocycles. The highest BCUT2D eigenvalue weighted by atomic mass is 32.2. The molecule has 0 aliphatic rings. The second-order valence-corrected chi connectivity index (χ2v) is 6.27. The number of nitrogens with two attached hydrogens (primary N) is 1. The van der Waals surface area contributed by atoms with Gasteiger partial charge in [-0.15, -0.1) is 0 Å². The molecule has 0 unspecified atom stereocenters. The first-order valence-corrected chi connectivity index (χ1v) is 7.13. The number of rotatable bonds is 3. The first kappa shape index (κ1) is 13.3. The SMILES string of the molecule is CN(C)C(=O)CS(=O)(=O)c1nc2ccc(N)cc2[nH]1. The van der Waals surface area contributed by atoms with Gasteiger partial charge in [0.2, 0.25) is 20.9 Å². The van der Waals surface area contributed by atoms with Crippen LogP contribution in [-0.4, -0.2) is 49.0 Å². The molecule has 7 nitrogen and oxygen atoms in total. The highest BCUT2D eigenvalue weighted by molar-refractivity contribution is 7.91. The number of nitrogen functional groups attached to an aromatic ring is 1. The molecule has 1 aromatic carbocycles. The van der Waals surface area contributed by atoms with E-state index in [1.165, 1.54) is 19.0 Å². The van der Waals surface area contributed by atoms with E-state index in [4.69, 9.17) is 5.73 Å². The van der Waals surface area contributed by atoms with Gasteiger partial charge >= 0.3 is 0 Å². The minimum absolute atomic E-state index is 0.219. The summed E-state index contributed by atoms with van der Waals surface area (Å²) in [4.78, 5) is 19.3. The Labute approximate surface area is 110 Å². The van der Waals surface area contributed by atoms with Crippen molar-refractivity contribution in [3.05, 3.63) is 18.2 Å². The Kier molecular flexibility index (Phi) is 3.19. The number of anilines is 1. The molecule has 19 heavy (non-hydrogen) atoms. The lowest BCUT2D eigenvalue weighted by atomic mass is 10.3. The molecule has 0 bridgehead atoms. The second-order valence-electron chi connectivity index (χ2n) is 4.37. The molecule has 0 spiro atoms. The lowest BCUT2D eigenvalue weighted by Gasteiger charge is -2.08. The second kappa shape index (κ2) is 4.54. The number of carbonyl (C=O) groups excluding carboxylic acids is 1. The zero-order valence-electron chi connectivity index (χ0n) is 10.5. The quantitative estimate of drug-likeness (QED) is 0.770. The molecule has 0 aliphatic heterocycles. The average molecular weight is 282 g/mol. The lowest BCUT2D eigenvalue weighted by Crippen LogP contribution is -2.29. The van der Waals surface area contributed by atoms with Crippen molar-refractivity contribution in [1.29, 1.82) is 0 Å². The van der Waals surface area contributed by atoms with E-state index in [-0.39, 0.29) is 5.16 Å². The van der Waals surface area contributed by atoms with Crippen LogP contribution in [0.25, 0.3) is 11.0 Å². The fourth-order valence-electron chi connectivity index (χ4n) is 1.51. The first-order valence-electron chi connectivity index (χ1n) is 5.48. The van der Waals surface area contributed by atoms with Gasteiger partial charge < -0.3 is 15.6 Å². The van der Waals surface area contributed by atoms with Gasteiger partial charge in [0.1, 0.15) is 5.75 Å². The number of hydrogen-bond donors (Lipinski definition) is 2. The minimum Gasteiger partial charge on any atom is -0.399 e. The van der Waals surface area contributed by atoms with Crippen LogP contribution in [0.5, 0.6) is 0 Å². The Morgan fingerprint density at radius 3 is 2.74 bits per heavy atom. The predicted octanol–water partition coefficient (Wildman–Crippen LogP) is 0.00700. The smallest absolute Gasteiger partial charge is 0.237 e. The van der Waals surface area contributed by atoms with Crippen LogP contribution in [-0.2, 0) is 14.6 Å². The molecule has 0 atom stereocenters. The van der Waals surface area contributed by atoms with Crippen LogP contribution in [0.15, 0.2) is 23.4 Å². The van der Waals surface area contributed by atoms with Gasteiger partial charge in [0.05, 0.1) is 11.0 Å². The third-order valence-electron chi connectivity index (χ3n) is 2.59. The van der Waals surface area contributed by atoms with E-state index in [2.05, 4.69) is 9.97 Å². The van der Waals surface area contributed by atoms with E-state index in [9.17, 15) is 13.2 Å². The molecule has 0 radical (unpaired) electrons. The Morgan fingerprint density at radius 1 is 1.42 bits per heavy atom. The number of aromatic amines is 1. The number of carbonyl (C=O) groups is 1. The highest BCUT2D eigenvalue weighted by Crippen LogP contribution is 2.18. The largest absolute Gasteiger partial charge is 0.399 e. The van der Waals surface area contributed by atoms with Gasteiger partial charge in [-0.1, -0.05) is 0 Å². The summed E-state index contributed by atoms with van der Waals surface area (Å²) >= 11 is 0. The zero-order valence-corrected chi connectivity index (χ0v) is 11.4. The predicted molar refractivity (Wildman–Crippen MR) is 71.3 cm³/mol. The summed E-state index contributed by atoms with van der Waals surface area (Å²) in [6, 6.07) is 4.84. The summed E-state index contributed by atoms with van der Waals surface area (Å²) in [7, 11) is -0.784. The number of nitrogens with zero attached hydrogens (tertiary/aromatic N) is 2. The number of H-pyrrole nitrogens is 1. The summed E-state index contributed by atoms with van der Waals surface area (Å²) < 4.78 is 24.1. The molecule has 2 aromatic rings. The topological polar surface area (TPSA) is 109 Å². The van der Waals surface area contributed by atoms with Crippen LogP contribution in [0.4, 0.5) is 5.69 Å². The van der Waals surface area contributed by atoms with Crippen LogP contribution in [0, 0.1) is 0 Å². The molecular weight excluding hydrogens is 268 g/mol. The average Bonchev–Trinajstić information content (AvgIpc) is 2.71. The third kappa shape index (κ3) is 2.68. The van der Waals surface area contributed by atoms with Crippen LogP contribution >= 0.6 is 0 Å². The molecule has 1 amide bonds. The Bertz CT molecular complexity index is 733. The van der Waals surface area contributed by atoms with E-state index in [1.54, 1.807) is 18.2 Å². The van der Waals surface area contributed by atoms with Crippen molar-refractivity contribution in [2.45, 2.75) is 5.16 Å². The number of sulfone groups is 1. The van der Waals surface area contributed by atoms with Crippen molar-refractivity contribution < 1.29 is 13.2 Å². The van der Waals surface area contributed by atoms with Gasteiger partial charge in [-0.05, 0) is 18.2 Å². The number of amides is 1. The maximum Gasteiger partial charge on any atom is 0.237 e. The number of nitrogens with one attached hydrogen (secondary N) is 1. The molecule has 8 heteroatoms. The maximum absolute atomic E-state index is 12.0. The Balaban J connectivity index is 2.40. The summed E-state index contributed by atoms with van der Waals surface area (Å²) in [6.07, 6.45) is 0. The van der Waals surface area contributed by atoms with E-state index in [1.807, 2.05) is 0 Å². The monoisotopic (exact) mass is 282 g/mol. The fraction of sp³-hybridized carbons (Fsp3) is 0.273. The van der Waals surface area contributed by atoms with Gasteiger partial charge in [0, 0.05) is 19.8 Å². The van der Waals surface area contributed by atoms with E-state index >= 15 is 0 Å². The molecule has 0 saturated carbocycles. The van der Waals surface area contributed by atoms with Crippen molar-refractivity contribution in [2.75, 3.05) is 25.6 Å². The van der Waals surface area contributed by atoms with Crippen molar-refractivity contribution in [1.82, 2.24) is 14.9 Å². The number of fused-ring (bicyclic) bond motifs is 1.